The molecule has 0 aliphatic rings. The van der Waals surface area contributed by atoms with Crippen LogP contribution in [0, 0.1) is 13.8 Å². The Hall–Kier alpha value is -2.37. The molecule has 5 nitrogen and oxygen atoms in total. The number of aromatic nitrogens is 3. The van der Waals surface area contributed by atoms with E-state index < -0.39 is 0 Å². The van der Waals surface area contributed by atoms with Gasteiger partial charge in [-0.2, -0.15) is 5.10 Å². The predicted molar refractivity (Wildman–Crippen MR) is 108 cm³/mol. The summed E-state index contributed by atoms with van der Waals surface area (Å²) in [7, 11) is 0. The van der Waals surface area contributed by atoms with Crippen LogP contribution in [0.15, 0.2) is 42.6 Å². The van der Waals surface area contributed by atoms with Crippen molar-refractivity contribution in [2.24, 2.45) is 0 Å². The molecule has 0 unspecified atom stereocenters. The molecule has 2 aromatic heterocycles. The Morgan fingerprint density at radius 1 is 1.11 bits per heavy atom. The quantitative estimate of drug-likeness (QED) is 0.614. The van der Waals surface area contributed by atoms with Crippen molar-refractivity contribution < 1.29 is 4.79 Å². The van der Waals surface area contributed by atoms with Gasteiger partial charge in [-0.25, -0.2) is 9.67 Å². The summed E-state index contributed by atoms with van der Waals surface area (Å²) in [4.78, 5) is 16.6. The molecular weight excluding hydrogens is 383 g/mol. The fourth-order valence-corrected chi connectivity index (χ4v) is 3.12. The van der Waals surface area contributed by atoms with Crippen LogP contribution in [0.3, 0.4) is 0 Å². The summed E-state index contributed by atoms with van der Waals surface area (Å²) in [6.07, 6.45) is 3.19. The maximum absolute atomic E-state index is 12.3. The normalized spacial score (nSPS) is 10.8. The van der Waals surface area contributed by atoms with Crippen LogP contribution in [-0.2, 0) is 6.42 Å². The summed E-state index contributed by atoms with van der Waals surface area (Å²) in [5, 5.41) is 8.40. The third-order valence-corrected chi connectivity index (χ3v) is 4.89. The number of rotatable bonds is 6. The first-order chi connectivity index (χ1) is 12.9. The number of pyridine rings is 1. The minimum atomic E-state index is -0.142. The van der Waals surface area contributed by atoms with E-state index in [0.717, 1.165) is 29.8 Å². The van der Waals surface area contributed by atoms with Gasteiger partial charge in [-0.3, -0.25) is 4.79 Å². The lowest BCUT2D eigenvalue weighted by Crippen LogP contribution is -2.25. The Balaban J connectivity index is 1.52. The highest BCUT2D eigenvalue weighted by atomic mass is 35.5. The van der Waals surface area contributed by atoms with E-state index in [9.17, 15) is 4.79 Å². The minimum Gasteiger partial charge on any atom is -0.352 e. The predicted octanol–water partition coefficient (Wildman–Crippen LogP) is 4.55. The number of aryl methyl sites for hydroxylation is 3. The van der Waals surface area contributed by atoms with Gasteiger partial charge in [0, 0.05) is 18.4 Å². The summed E-state index contributed by atoms with van der Waals surface area (Å²) >= 11 is 11.9. The van der Waals surface area contributed by atoms with Gasteiger partial charge < -0.3 is 5.32 Å². The van der Waals surface area contributed by atoms with E-state index in [4.69, 9.17) is 23.2 Å². The van der Waals surface area contributed by atoms with Crippen molar-refractivity contribution in [3.63, 3.8) is 0 Å². The maximum Gasteiger partial charge on any atom is 0.252 e. The van der Waals surface area contributed by atoms with Crippen molar-refractivity contribution in [2.45, 2.75) is 26.7 Å². The number of hydrogen-bond acceptors (Lipinski definition) is 3. The lowest BCUT2D eigenvalue weighted by atomic mass is 10.1. The Bertz CT molecular complexity index is 951. The summed E-state index contributed by atoms with van der Waals surface area (Å²) in [5.74, 6) is 0.549. The molecule has 0 saturated carbocycles. The van der Waals surface area contributed by atoms with E-state index in [1.807, 2.05) is 32.0 Å². The van der Waals surface area contributed by atoms with Gasteiger partial charge in [0.15, 0.2) is 5.82 Å². The zero-order valence-electron chi connectivity index (χ0n) is 15.2. The van der Waals surface area contributed by atoms with Crippen molar-refractivity contribution >= 4 is 29.1 Å². The molecule has 0 spiro atoms. The third-order valence-electron chi connectivity index (χ3n) is 4.15. The average molecular weight is 403 g/mol. The van der Waals surface area contributed by atoms with Crippen molar-refractivity contribution in [1.29, 1.82) is 0 Å². The van der Waals surface area contributed by atoms with Crippen LogP contribution in [0.4, 0.5) is 0 Å². The fourth-order valence-electron chi connectivity index (χ4n) is 2.80. The van der Waals surface area contributed by atoms with Gasteiger partial charge in [0.2, 0.25) is 0 Å². The molecular formula is C20H20Cl2N4O. The Labute approximate surface area is 168 Å². The lowest BCUT2D eigenvalue weighted by Gasteiger charge is -2.07. The molecule has 7 heteroatoms. The van der Waals surface area contributed by atoms with E-state index >= 15 is 0 Å². The topological polar surface area (TPSA) is 59.8 Å². The smallest absolute Gasteiger partial charge is 0.252 e. The molecule has 0 radical (unpaired) electrons. The Kier molecular flexibility index (Phi) is 6.14. The first-order valence-corrected chi connectivity index (χ1v) is 9.41. The second-order valence-electron chi connectivity index (χ2n) is 6.35. The zero-order chi connectivity index (χ0) is 19.4. The summed E-state index contributed by atoms with van der Waals surface area (Å²) in [6, 6.07) is 11.1. The molecule has 0 fully saturated rings. The highest BCUT2D eigenvalue weighted by Crippen LogP contribution is 2.23. The van der Waals surface area contributed by atoms with Gasteiger partial charge in [-0.05, 0) is 62.6 Å². The van der Waals surface area contributed by atoms with E-state index in [2.05, 4.69) is 15.4 Å². The molecule has 2 heterocycles. The van der Waals surface area contributed by atoms with Crippen LogP contribution in [0.5, 0.6) is 0 Å². The fraction of sp³-hybridized carbons (Fsp3) is 0.250. The SMILES string of the molecule is Cc1cc(C)n(-c2ccc(C(=O)NCCCc3ccc(Cl)c(Cl)c3)cn2)n1. The van der Waals surface area contributed by atoms with E-state index in [1.165, 1.54) is 0 Å². The standard InChI is InChI=1S/C20H20Cl2N4O/c1-13-10-14(2)26(25-13)19-8-6-16(12-24-19)20(27)23-9-3-4-15-5-7-17(21)18(22)11-15/h5-8,10-12H,3-4,9H2,1-2H3,(H,23,27). The van der Waals surface area contributed by atoms with Crippen LogP contribution in [-0.4, -0.2) is 27.2 Å². The van der Waals surface area contributed by atoms with Gasteiger partial charge in [0.1, 0.15) is 0 Å². The average Bonchev–Trinajstić information content (AvgIpc) is 3.00. The molecule has 0 bridgehead atoms. The molecule has 1 amide bonds. The highest BCUT2D eigenvalue weighted by Gasteiger charge is 2.09. The molecule has 3 aromatic rings. The van der Waals surface area contributed by atoms with Gasteiger partial charge in [0.25, 0.3) is 5.91 Å². The van der Waals surface area contributed by atoms with Crippen molar-refractivity contribution in [1.82, 2.24) is 20.1 Å². The van der Waals surface area contributed by atoms with Crippen molar-refractivity contribution in [3.05, 3.63) is 75.2 Å². The number of carbonyl (C=O) groups excluding carboxylic acids is 1. The monoisotopic (exact) mass is 402 g/mol. The van der Waals surface area contributed by atoms with Crippen molar-refractivity contribution in [3.8, 4) is 5.82 Å². The number of halogens is 2. The Morgan fingerprint density at radius 2 is 1.93 bits per heavy atom. The van der Waals surface area contributed by atoms with Crippen LogP contribution in [0.2, 0.25) is 10.0 Å². The molecule has 0 atom stereocenters. The summed E-state index contributed by atoms with van der Waals surface area (Å²) in [6.45, 7) is 4.47. The highest BCUT2D eigenvalue weighted by molar-refractivity contribution is 6.42. The van der Waals surface area contributed by atoms with Crippen LogP contribution in [0.1, 0.15) is 33.7 Å². The van der Waals surface area contributed by atoms with Gasteiger partial charge in [0.05, 0.1) is 21.3 Å². The molecule has 0 saturated heterocycles. The lowest BCUT2D eigenvalue weighted by molar-refractivity contribution is 0.0953. The summed E-state index contributed by atoms with van der Waals surface area (Å²) < 4.78 is 1.76. The number of hydrogen-bond donors (Lipinski definition) is 1. The van der Waals surface area contributed by atoms with E-state index in [1.54, 1.807) is 29.1 Å². The molecule has 3 rings (SSSR count). The second-order valence-corrected chi connectivity index (χ2v) is 7.17. The number of benzene rings is 1. The molecule has 140 valence electrons. The van der Waals surface area contributed by atoms with E-state index in [-0.39, 0.29) is 5.91 Å². The zero-order valence-corrected chi connectivity index (χ0v) is 16.7. The van der Waals surface area contributed by atoms with Crippen LogP contribution < -0.4 is 5.32 Å². The number of nitrogens with one attached hydrogen (secondary N) is 1. The maximum atomic E-state index is 12.3. The number of nitrogens with zero attached hydrogens (tertiary/aromatic N) is 3. The third kappa shape index (κ3) is 4.87. The summed E-state index contributed by atoms with van der Waals surface area (Å²) in [5.41, 5.74) is 3.54. The van der Waals surface area contributed by atoms with Crippen LogP contribution in [0.25, 0.3) is 5.82 Å². The van der Waals surface area contributed by atoms with Crippen LogP contribution >= 0.6 is 23.2 Å². The first-order valence-electron chi connectivity index (χ1n) is 8.66. The largest absolute Gasteiger partial charge is 0.352 e. The molecule has 1 N–H and O–H groups in total. The molecule has 1 aromatic carbocycles. The van der Waals surface area contributed by atoms with Crippen molar-refractivity contribution in [2.75, 3.05) is 6.54 Å². The number of carbonyl (C=O) groups is 1. The second kappa shape index (κ2) is 8.55. The van der Waals surface area contributed by atoms with Gasteiger partial charge in [-0.1, -0.05) is 29.3 Å². The molecule has 0 aliphatic carbocycles. The van der Waals surface area contributed by atoms with Gasteiger partial charge >= 0.3 is 0 Å². The minimum absolute atomic E-state index is 0.142. The Morgan fingerprint density at radius 3 is 2.56 bits per heavy atom. The number of amides is 1. The molecule has 0 aliphatic heterocycles. The molecule has 27 heavy (non-hydrogen) atoms. The van der Waals surface area contributed by atoms with Gasteiger partial charge in [-0.15, -0.1) is 0 Å². The van der Waals surface area contributed by atoms with E-state index in [0.29, 0.717) is 28.0 Å². The first kappa shape index (κ1) is 19.4.